The van der Waals surface area contributed by atoms with E-state index in [2.05, 4.69) is 20.0 Å². The third-order valence-corrected chi connectivity index (χ3v) is 5.13. The van der Waals surface area contributed by atoms with Crippen LogP contribution in [0.25, 0.3) is 21.8 Å². The van der Waals surface area contributed by atoms with Crippen molar-refractivity contribution in [3.63, 3.8) is 0 Å². The smallest absolute Gasteiger partial charge is 0.449 e. The van der Waals surface area contributed by atoms with E-state index < -0.39 is 6.16 Å². The summed E-state index contributed by atoms with van der Waals surface area (Å²) in [5.41, 5.74) is 4.38. The van der Waals surface area contributed by atoms with Crippen LogP contribution in [-0.2, 0) is 6.42 Å². The summed E-state index contributed by atoms with van der Waals surface area (Å²) < 4.78 is 18.7. The Morgan fingerprint density at radius 2 is 1.93 bits per heavy atom. The van der Waals surface area contributed by atoms with Crippen molar-refractivity contribution in [3.8, 4) is 5.75 Å². The zero-order valence-corrected chi connectivity index (χ0v) is 16.4. The molecule has 0 saturated carbocycles. The number of halogens is 1. The number of carbonyl (C=O) groups is 2. The van der Waals surface area contributed by atoms with Crippen molar-refractivity contribution in [1.29, 1.82) is 0 Å². The number of benzene rings is 2. The first-order chi connectivity index (χ1) is 14.3. The van der Waals surface area contributed by atoms with Gasteiger partial charge in [0.2, 0.25) is 0 Å². The lowest BCUT2D eigenvalue weighted by molar-refractivity contribution is 0.0949. The van der Waals surface area contributed by atoms with Crippen molar-refractivity contribution in [2.24, 2.45) is 0 Å². The number of ether oxygens (including phenoxy) is 1. The zero-order chi connectivity index (χ0) is 21.4. The van der Waals surface area contributed by atoms with Gasteiger partial charge < -0.3 is 25.1 Å². The number of carboxylic acid groups (broad SMARTS) is 1. The van der Waals surface area contributed by atoms with Crippen LogP contribution in [0.4, 0.5) is 9.18 Å². The Labute approximate surface area is 170 Å². The average molecular weight is 409 g/mol. The molecule has 0 unspecified atom stereocenters. The van der Waals surface area contributed by atoms with Crippen molar-refractivity contribution < 1.29 is 23.8 Å². The van der Waals surface area contributed by atoms with Gasteiger partial charge in [0.05, 0.1) is 5.52 Å². The number of aromatic amines is 2. The fraction of sp³-hybridized carbons (Fsp3) is 0.182. The van der Waals surface area contributed by atoms with E-state index in [4.69, 9.17) is 5.11 Å². The molecule has 0 spiro atoms. The molecule has 4 rings (SSSR count). The molecule has 1 amide bonds. The molecule has 2 heterocycles. The lowest BCUT2D eigenvalue weighted by atomic mass is 10.0. The van der Waals surface area contributed by atoms with E-state index in [9.17, 15) is 14.0 Å². The molecule has 2 aromatic heterocycles. The minimum Gasteiger partial charge on any atom is -0.449 e. The van der Waals surface area contributed by atoms with E-state index in [1.165, 1.54) is 12.1 Å². The topological polar surface area (TPSA) is 107 Å². The van der Waals surface area contributed by atoms with Crippen LogP contribution in [0.3, 0.4) is 0 Å². The van der Waals surface area contributed by atoms with Crippen molar-refractivity contribution in [3.05, 3.63) is 64.7 Å². The van der Waals surface area contributed by atoms with E-state index in [0.29, 0.717) is 35.1 Å². The monoisotopic (exact) mass is 409 g/mol. The predicted molar refractivity (Wildman–Crippen MR) is 111 cm³/mol. The molecule has 154 valence electrons. The first-order valence-electron chi connectivity index (χ1n) is 9.41. The lowest BCUT2D eigenvalue weighted by Gasteiger charge is -2.06. The van der Waals surface area contributed by atoms with Gasteiger partial charge in [-0.2, -0.15) is 0 Å². The highest BCUT2D eigenvalue weighted by atomic mass is 19.1. The van der Waals surface area contributed by atoms with E-state index >= 15 is 0 Å². The molecule has 0 aliphatic carbocycles. The molecular formula is C22H20FN3O4. The minimum absolute atomic E-state index is 0.179. The minimum atomic E-state index is -1.40. The molecule has 4 aromatic rings. The van der Waals surface area contributed by atoms with Gasteiger partial charge in [0, 0.05) is 28.5 Å². The molecule has 0 saturated heterocycles. The van der Waals surface area contributed by atoms with Gasteiger partial charge in [0.25, 0.3) is 5.91 Å². The molecule has 0 bridgehead atoms. The van der Waals surface area contributed by atoms with E-state index in [-0.39, 0.29) is 17.5 Å². The van der Waals surface area contributed by atoms with Crippen LogP contribution in [0.5, 0.6) is 5.75 Å². The van der Waals surface area contributed by atoms with Crippen LogP contribution >= 0.6 is 0 Å². The van der Waals surface area contributed by atoms with Crippen LogP contribution in [0.15, 0.2) is 36.4 Å². The highest BCUT2D eigenvalue weighted by molar-refractivity contribution is 5.98. The molecule has 2 aromatic carbocycles. The fourth-order valence-corrected chi connectivity index (χ4v) is 3.75. The maximum absolute atomic E-state index is 14.1. The average Bonchev–Trinajstić information content (AvgIpc) is 3.26. The maximum atomic E-state index is 14.1. The van der Waals surface area contributed by atoms with Crippen LogP contribution < -0.4 is 10.1 Å². The second kappa shape index (κ2) is 7.55. The van der Waals surface area contributed by atoms with Gasteiger partial charge in [-0.1, -0.05) is 6.07 Å². The van der Waals surface area contributed by atoms with Gasteiger partial charge in [-0.25, -0.2) is 9.18 Å². The van der Waals surface area contributed by atoms with Crippen molar-refractivity contribution >= 4 is 33.9 Å². The van der Waals surface area contributed by atoms with Gasteiger partial charge in [-0.05, 0) is 61.7 Å². The molecule has 30 heavy (non-hydrogen) atoms. The summed E-state index contributed by atoms with van der Waals surface area (Å²) >= 11 is 0. The molecule has 4 N–H and O–H groups in total. The number of aromatic nitrogens is 2. The van der Waals surface area contributed by atoms with Crippen molar-refractivity contribution in [2.45, 2.75) is 20.3 Å². The van der Waals surface area contributed by atoms with E-state index in [1.54, 1.807) is 24.3 Å². The molecule has 7 nitrogen and oxygen atoms in total. The maximum Gasteiger partial charge on any atom is 0.511 e. The number of fused-ring (bicyclic) bond motifs is 2. The van der Waals surface area contributed by atoms with Gasteiger partial charge >= 0.3 is 6.16 Å². The summed E-state index contributed by atoms with van der Waals surface area (Å²) in [6, 6.07) is 9.54. The number of H-pyrrole nitrogens is 2. The molecule has 0 aliphatic heterocycles. The Morgan fingerprint density at radius 1 is 1.13 bits per heavy atom. The second-order valence-electron chi connectivity index (χ2n) is 7.15. The van der Waals surface area contributed by atoms with Gasteiger partial charge in [0.15, 0.2) is 0 Å². The number of rotatable bonds is 5. The van der Waals surface area contributed by atoms with Crippen LogP contribution in [0.1, 0.15) is 27.3 Å². The van der Waals surface area contributed by atoms with E-state index in [0.717, 1.165) is 22.2 Å². The largest absolute Gasteiger partial charge is 0.511 e. The predicted octanol–water partition coefficient (Wildman–Crippen LogP) is 4.43. The standard InChI is InChI=1S/C22H20FN3O4/c1-11-3-5-16(23)20-19(11)15(12(2)25-20)7-8-24-21(27)18-10-13-9-14(30-22(28)29)4-6-17(13)26-18/h3-6,9-10,25-26H,7-8H2,1-2H3,(H,24,27)(H,28,29). The number of hydrogen-bond donors (Lipinski definition) is 4. The summed E-state index contributed by atoms with van der Waals surface area (Å²) in [6.07, 6.45) is -0.843. The summed E-state index contributed by atoms with van der Waals surface area (Å²) in [4.78, 5) is 29.3. The molecule has 0 fully saturated rings. The Morgan fingerprint density at radius 3 is 2.70 bits per heavy atom. The van der Waals surface area contributed by atoms with Gasteiger partial charge in [-0.3, -0.25) is 4.79 Å². The zero-order valence-electron chi connectivity index (χ0n) is 16.4. The van der Waals surface area contributed by atoms with Crippen LogP contribution in [0.2, 0.25) is 0 Å². The first-order valence-corrected chi connectivity index (χ1v) is 9.41. The third kappa shape index (κ3) is 3.59. The number of hydrogen-bond acceptors (Lipinski definition) is 3. The Bertz CT molecular complexity index is 1290. The third-order valence-electron chi connectivity index (χ3n) is 5.13. The Kier molecular flexibility index (Phi) is 4.91. The van der Waals surface area contributed by atoms with Crippen LogP contribution in [-0.4, -0.2) is 33.7 Å². The van der Waals surface area contributed by atoms with Gasteiger partial charge in [0.1, 0.15) is 17.3 Å². The molecule has 0 atom stereocenters. The van der Waals surface area contributed by atoms with Crippen LogP contribution in [0, 0.1) is 19.7 Å². The summed E-state index contributed by atoms with van der Waals surface area (Å²) in [5, 5.41) is 13.1. The number of nitrogens with one attached hydrogen (secondary N) is 3. The van der Waals surface area contributed by atoms with Crippen molar-refractivity contribution in [1.82, 2.24) is 15.3 Å². The highest BCUT2D eigenvalue weighted by Crippen LogP contribution is 2.28. The lowest BCUT2D eigenvalue weighted by Crippen LogP contribution is -2.26. The second-order valence-corrected chi connectivity index (χ2v) is 7.15. The molecule has 0 aliphatic rings. The van der Waals surface area contributed by atoms with Gasteiger partial charge in [-0.15, -0.1) is 0 Å². The molecular weight excluding hydrogens is 389 g/mol. The number of carbonyl (C=O) groups excluding carboxylic acids is 1. The first kappa shape index (κ1) is 19.5. The summed E-state index contributed by atoms with van der Waals surface area (Å²) in [5.74, 6) is -0.399. The summed E-state index contributed by atoms with van der Waals surface area (Å²) in [7, 11) is 0. The fourth-order valence-electron chi connectivity index (χ4n) is 3.75. The highest BCUT2D eigenvalue weighted by Gasteiger charge is 2.15. The SMILES string of the molecule is Cc1[nH]c2c(F)ccc(C)c2c1CCNC(=O)c1cc2cc(OC(=O)O)ccc2[nH]1. The molecule has 0 radical (unpaired) electrons. The normalized spacial score (nSPS) is 11.2. The summed E-state index contributed by atoms with van der Waals surface area (Å²) in [6.45, 7) is 4.21. The Hall–Kier alpha value is -3.81. The number of aryl methyl sites for hydroxylation is 2. The van der Waals surface area contributed by atoms with E-state index in [1.807, 2.05) is 13.8 Å². The Balaban J connectivity index is 1.48. The number of amides is 1. The quantitative estimate of drug-likeness (QED) is 0.289. The van der Waals surface area contributed by atoms with Crippen molar-refractivity contribution in [2.75, 3.05) is 6.54 Å². The molecule has 8 heteroatoms.